The lowest BCUT2D eigenvalue weighted by Crippen LogP contribution is -2.59. The van der Waals surface area contributed by atoms with Gasteiger partial charge in [0.1, 0.15) is 5.75 Å². The summed E-state index contributed by atoms with van der Waals surface area (Å²) >= 11 is 0. The summed E-state index contributed by atoms with van der Waals surface area (Å²) in [6.07, 6.45) is 1.74. The molecule has 5 nitrogen and oxygen atoms in total. The standard InChI is InChI=1S/C18H24F2N2O3/c1-18(2)12-21(10-11-24-18)15-4-3-9-22(16(15)23)13-5-7-14(8-6-13)25-17(19)20/h5-8,15,17H,3-4,9-12H2,1-2H3. The molecule has 138 valence electrons. The highest BCUT2D eigenvalue weighted by Gasteiger charge is 2.38. The minimum Gasteiger partial charge on any atom is -0.435 e. The summed E-state index contributed by atoms with van der Waals surface area (Å²) < 4.78 is 34.6. The molecule has 1 aromatic rings. The van der Waals surface area contributed by atoms with Gasteiger partial charge in [0.05, 0.1) is 18.2 Å². The first-order valence-electron chi connectivity index (χ1n) is 8.60. The molecule has 0 aromatic heterocycles. The largest absolute Gasteiger partial charge is 0.435 e. The van der Waals surface area contributed by atoms with Crippen molar-refractivity contribution in [3.8, 4) is 5.75 Å². The number of alkyl halides is 2. The Hall–Kier alpha value is -1.73. The summed E-state index contributed by atoms with van der Waals surface area (Å²) in [5.41, 5.74) is 0.457. The number of benzene rings is 1. The van der Waals surface area contributed by atoms with Gasteiger partial charge in [0, 0.05) is 25.3 Å². The molecule has 7 heteroatoms. The Morgan fingerprint density at radius 1 is 1.24 bits per heavy atom. The third kappa shape index (κ3) is 4.27. The number of hydrogen-bond acceptors (Lipinski definition) is 4. The van der Waals surface area contributed by atoms with Crippen LogP contribution in [0, 0.1) is 0 Å². The summed E-state index contributed by atoms with van der Waals surface area (Å²) in [5, 5.41) is 0. The molecule has 2 aliphatic rings. The molecule has 1 unspecified atom stereocenters. The molecular weight excluding hydrogens is 330 g/mol. The van der Waals surface area contributed by atoms with Crippen molar-refractivity contribution in [1.82, 2.24) is 4.90 Å². The van der Waals surface area contributed by atoms with E-state index < -0.39 is 6.61 Å². The van der Waals surface area contributed by atoms with E-state index in [0.717, 1.165) is 25.9 Å². The van der Waals surface area contributed by atoms with Crippen molar-refractivity contribution in [1.29, 1.82) is 0 Å². The van der Waals surface area contributed by atoms with Crippen molar-refractivity contribution in [3.05, 3.63) is 24.3 Å². The number of nitrogens with zero attached hydrogens (tertiary/aromatic N) is 2. The molecule has 0 spiro atoms. The maximum absolute atomic E-state index is 13.0. The first kappa shape index (κ1) is 18.1. The number of morpholine rings is 1. The fraction of sp³-hybridized carbons (Fsp3) is 0.611. The van der Waals surface area contributed by atoms with Crippen LogP contribution in [-0.4, -0.2) is 55.3 Å². The van der Waals surface area contributed by atoms with Gasteiger partial charge in [-0.3, -0.25) is 9.69 Å². The van der Waals surface area contributed by atoms with E-state index in [1.807, 2.05) is 13.8 Å². The molecule has 2 aliphatic heterocycles. The van der Waals surface area contributed by atoms with E-state index >= 15 is 0 Å². The Kier molecular flexibility index (Phi) is 5.24. The highest BCUT2D eigenvalue weighted by molar-refractivity contribution is 5.98. The zero-order valence-corrected chi connectivity index (χ0v) is 14.6. The normalized spacial score (nSPS) is 24.6. The minimum atomic E-state index is -2.85. The zero-order valence-electron chi connectivity index (χ0n) is 14.6. The van der Waals surface area contributed by atoms with Crippen molar-refractivity contribution >= 4 is 11.6 Å². The predicted octanol–water partition coefficient (Wildman–Crippen LogP) is 2.89. The van der Waals surface area contributed by atoms with Crippen LogP contribution in [0.3, 0.4) is 0 Å². The van der Waals surface area contributed by atoms with Gasteiger partial charge in [0.2, 0.25) is 5.91 Å². The topological polar surface area (TPSA) is 42.0 Å². The van der Waals surface area contributed by atoms with Gasteiger partial charge in [-0.2, -0.15) is 8.78 Å². The molecule has 0 saturated carbocycles. The summed E-state index contributed by atoms with van der Waals surface area (Å²) in [5.74, 6) is 0.154. The smallest absolute Gasteiger partial charge is 0.387 e. The lowest BCUT2D eigenvalue weighted by atomic mass is 9.98. The molecule has 2 heterocycles. The maximum Gasteiger partial charge on any atom is 0.387 e. The van der Waals surface area contributed by atoms with E-state index in [-0.39, 0.29) is 23.3 Å². The quantitative estimate of drug-likeness (QED) is 0.834. The van der Waals surface area contributed by atoms with Gasteiger partial charge in [-0.1, -0.05) is 0 Å². The molecule has 0 aliphatic carbocycles. The van der Waals surface area contributed by atoms with Crippen molar-refractivity contribution in [3.63, 3.8) is 0 Å². The Labute approximate surface area is 146 Å². The second-order valence-corrected chi connectivity index (χ2v) is 7.10. The number of hydrogen-bond donors (Lipinski definition) is 0. The molecule has 1 aromatic carbocycles. The van der Waals surface area contributed by atoms with Gasteiger partial charge < -0.3 is 14.4 Å². The second kappa shape index (κ2) is 7.25. The summed E-state index contributed by atoms with van der Waals surface area (Å²) in [7, 11) is 0. The third-order valence-corrected chi connectivity index (χ3v) is 4.68. The molecule has 25 heavy (non-hydrogen) atoms. The van der Waals surface area contributed by atoms with Gasteiger partial charge in [-0.05, 0) is 51.0 Å². The van der Waals surface area contributed by atoms with Gasteiger partial charge in [0.25, 0.3) is 0 Å². The molecule has 2 fully saturated rings. The van der Waals surface area contributed by atoms with Crippen LogP contribution in [-0.2, 0) is 9.53 Å². The van der Waals surface area contributed by atoms with Gasteiger partial charge in [-0.25, -0.2) is 0 Å². The number of halogens is 2. The van der Waals surface area contributed by atoms with E-state index in [1.165, 1.54) is 12.1 Å². The van der Waals surface area contributed by atoms with Crippen LogP contribution in [0.25, 0.3) is 0 Å². The van der Waals surface area contributed by atoms with Crippen LogP contribution in [0.4, 0.5) is 14.5 Å². The van der Waals surface area contributed by atoms with Gasteiger partial charge in [0.15, 0.2) is 0 Å². The average molecular weight is 354 g/mol. The van der Waals surface area contributed by atoms with Crippen LogP contribution >= 0.6 is 0 Å². The van der Waals surface area contributed by atoms with Crippen LogP contribution in [0.2, 0.25) is 0 Å². The SMILES string of the molecule is CC1(C)CN(C2CCCN(c3ccc(OC(F)F)cc3)C2=O)CCO1. The third-order valence-electron chi connectivity index (χ3n) is 4.68. The molecular formula is C18H24F2N2O3. The minimum absolute atomic E-state index is 0.0616. The van der Waals surface area contributed by atoms with Crippen molar-refractivity contribution in [2.45, 2.75) is 44.9 Å². The Morgan fingerprint density at radius 3 is 2.60 bits per heavy atom. The number of ether oxygens (including phenoxy) is 2. The molecule has 0 bridgehead atoms. The lowest BCUT2D eigenvalue weighted by Gasteiger charge is -2.44. The number of amides is 1. The number of carbonyl (C=O) groups is 1. The van der Waals surface area contributed by atoms with Crippen molar-refractivity contribution in [2.75, 3.05) is 31.1 Å². The van der Waals surface area contributed by atoms with Crippen LogP contribution in [0.1, 0.15) is 26.7 Å². The number of piperidine rings is 1. The fourth-order valence-electron chi connectivity index (χ4n) is 3.58. The van der Waals surface area contributed by atoms with E-state index in [1.54, 1.807) is 17.0 Å². The van der Waals surface area contributed by atoms with Gasteiger partial charge in [-0.15, -0.1) is 0 Å². The molecule has 0 N–H and O–H groups in total. The van der Waals surface area contributed by atoms with E-state index in [2.05, 4.69) is 9.64 Å². The van der Waals surface area contributed by atoms with Crippen LogP contribution in [0.15, 0.2) is 24.3 Å². The average Bonchev–Trinajstić information content (AvgIpc) is 2.54. The summed E-state index contributed by atoms with van der Waals surface area (Å²) in [4.78, 5) is 16.9. The Morgan fingerprint density at radius 2 is 1.96 bits per heavy atom. The summed E-state index contributed by atoms with van der Waals surface area (Å²) in [6.45, 7) is 3.94. The van der Waals surface area contributed by atoms with E-state index in [0.29, 0.717) is 18.8 Å². The van der Waals surface area contributed by atoms with Crippen molar-refractivity contribution in [2.24, 2.45) is 0 Å². The van der Waals surface area contributed by atoms with Crippen LogP contribution < -0.4 is 9.64 Å². The predicted molar refractivity (Wildman–Crippen MR) is 90.1 cm³/mol. The highest BCUT2D eigenvalue weighted by atomic mass is 19.3. The van der Waals surface area contributed by atoms with Crippen molar-refractivity contribution < 1.29 is 23.0 Å². The Balaban J connectivity index is 1.71. The highest BCUT2D eigenvalue weighted by Crippen LogP contribution is 2.28. The number of anilines is 1. The Bertz CT molecular complexity index is 607. The first-order valence-corrected chi connectivity index (χ1v) is 8.60. The molecule has 1 atom stereocenters. The zero-order chi connectivity index (χ0) is 18.0. The molecule has 1 amide bonds. The lowest BCUT2D eigenvalue weighted by molar-refractivity contribution is -0.134. The monoisotopic (exact) mass is 354 g/mol. The fourth-order valence-corrected chi connectivity index (χ4v) is 3.58. The molecule has 0 radical (unpaired) electrons. The second-order valence-electron chi connectivity index (χ2n) is 7.10. The summed E-state index contributed by atoms with van der Waals surface area (Å²) in [6, 6.07) is 6.09. The molecule has 3 rings (SSSR count). The van der Waals surface area contributed by atoms with Gasteiger partial charge >= 0.3 is 6.61 Å². The molecule has 2 saturated heterocycles. The first-order chi connectivity index (χ1) is 11.9. The number of rotatable bonds is 4. The van der Waals surface area contributed by atoms with E-state index in [9.17, 15) is 13.6 Å². The van der Waals surface area contributed by atoms with Crippen LogP contribution in [0.5, 0.6) is 5.75 Å². The van der Waals surface area contributed by atoms with E-state index in [4.69, 9.17) is 4.74 Å². The number of carbonyl (C=O) groups excluding carboxylic acids is 1. The maximum atomic E-state index is 13.0.